The third kappa shape index (κ3) is 4.97. The zero-order valence-corrected chi connectivity index (χ0v) is 13.1. The van der Waals surface area contributed by atoms with Gasteiger partial charge in [-0.05, 0) is 44.8 Å². The molecule has 0 aromatic rings. The van der Waals surface area contributed by atoms with E-state index in [9.17, 15) is 18.0 Å². The van der Waals surface area contributed by atoms with E-state index < -0.39 is 12.6 Å². The Morgan fingerprint density at radius 2 is 2.00 bits per heavy atom. The van der Waals surface area contributed by atoms with Gasteiger partial charge in [-0.25, -0.2) is 4.79 Å². The molecule has 21 heavy (non-hydrogen) atoms. The molecule has 2 unspecified atom stereocenters. The Morgan fingerprint density at radius 1 is 1.29 bits per heavy atom. The molecule has 7 heteroatoms. The highest BCUT2D eigenvalue weighted by Gasteiger charge is 2.35. The van der Waals surface area contributed by atoms with Crippen molar-refractivity contribution >= 4 is 17.8 Å². The quantitative estimate of drug-likeness (QED) is 0.834. The number of amides is 2. The fourth-order valence-corrected chi connectivity index (χ4v) is 3.73. The minimum Gasteiger partial charge on any atom is -0.335 e. The van der Waals surface area contributed by atoms with Crippen LogP contribution in [0, 0.1) is 0 Å². The van der Waals surface area contributed by atoms with Crippen LogP contribution >= 0.6 is 11.8 Å². The molecule has 122 valence electrons. The molecule has 0 saturated heterocycles. The standard InChI is InChI=1S/C14H23F3N2OS/c1-21-12-6-5-10(9-12)18-13(20)19(11-3-2-4-11)8-7-14(15,16)17/h10-12H,2-9H2,1H3,(H,18,20). The predicted octanol–water partition coefficient (Wildman–Crippen LogP) is 3.79. The SMILES string of the molecule is CSC1CCC(NC(=O)N(CCC(F)(F)F)C2CCC2)C1. The van der Waals surface area contributed by atoms with Gasteiger partial charge in [0, 0.05) is 23.9 Å². The number of hydrogen-bond acceptors (Lipinski definition) is 2. The van der Waals surface area contributed by atoms with Crippen LogP contribution in [0.5, 0.6) is 0 Å². The lowest BCUT2D eigenvalue weighted by Gasteiger charge is -2.38. The first-order chi connectivity index (χ1) is 9.89. The molecule has 0 aromatic carbocycles. The number of urea groups is 1. The smallest absolute Gasteiger partial charge is 0.335 e. The normalized spacial score (nSPS) is 26.5. The maximum absolute atomic E-state index is 12.4. The highest BCUT2D eigenvalue weighted by molar-refractivity contribution is 7.99. The van der Waals surface area contributed by atoms with Gasteiger partial charge in [-0.15, -0.1) is 0 Å². The molecule has 1 N–H and O–H groups in total. The Labute approximate surface area is 128 Å². The number of carbonyl (C=O) groups excluding carboxylic acids is 1. The van der Waals surface area contributed by atoms with Crippen molar-refractivity contribution in [2.75, 3.05) is 12.8 Å². The molecule has 0 bridgehead atoms. The lowest BCUT2D eigenvalue weighted by Crippen LogP contribution is -2.52. The van der Waals surface area contributed by atoms with Gasteiger partial charge in [-0.2, -0.15) is 24.9 Å². The zero-order valence-electron chi connectivity index (χ0n) is 12.3. The van der Waals surface area contributed by atoms with Crippen molar-refractivity contribution in [3.05, 3.63) is 0 Å². The van der Waals surface area contributed by atoms with Crippen molar-refractivity contribution in [1.29, 1.82) is 0 Å². The first kappa shape index (κ1) is 16.8. The molecule has 0 aliphatic heterocycles. The summed E-state index contributed by atoms with van der Waals surface area (Å²) < 4.78 is 37.2. The fourth-order valence-electron chi connectivity index (χ4n) is 2.94. The fraction of sp³-hybridized carbons (Fsp3) is 0.929. The maximum atomic E-state index is 12.4. The number of alkyl halides is 3. The number of thioether (sulfide) groups is 1. The van der Waals surface area contributed by atoms with Crippen LogP contribution < -0.4 is 5.32 Å². The Bertz CT molecular complexity index is 361. The summed E-state index contributed by atoms with van der Waals surface area (Å²) in [6.45, 7) is -0.224. The predicted molar refractivity (Wildman–Crippen MR) is 78.5 cm³/mol. The van der Waals surface area contributed by atoms with Gasteiger partial charge < -0.3 is 10.2 Å². The van der Waals surface area contributed by atoms with Crippen LogP contribution in [0.15, 0.2) is 0 Å². The second-order valence-corrected chi connectivity index (χ2v) is 7.10. The van der Waals surface area contributed by atoms with E-state index in [4.69, 9.17) is 0 Å². The van der Waals surface area contributed by atoms with Crippen LogP contribution in [0.4, 0.5) is 18.0 Å². The van der Waals surface area contributed by atoms with Crippen LogP contribution in [0.2, 0.25) is 0 Å². The minimum absolute atomic E-state index is 0.00917. The number of nitrogens with zero attached hydrogens (tertiary/aromatic N) is 1. The molecule has 2 amide bonds. The van der Waals surface area contributed by atoms with E-state index in [0.717, 1.165) is 38.5 Å². The van der Waals surface area contributed by atoms with Gasteiger partial charge in [0.15, 0.2) is 0 Å². The lowest BCUT2D eigenvalue weighted by atomic mass is 9.91. The molecule has 3 nitrogen and oxygen atoms in total. The van der Waals surface area contributed by atoms with Gasteiger partial charge in [0.05, 0.1) is 6.42 Å². The number of halogens is 3. The van der Waals surface area contributed by atoms with Gasteiger partial charge in [0.1, 0.15) is 0 Å². The van der Waals surface area contributed by atoms with Crippen molar-refractivity contribution in [3.8, 4) is 0 Å². The first-order valence-corrected chi connectivity index (χ1v) is 8.84. The van der Waals surface area contributed by atoms with E-state index in [1.54, 1.807) is 11.8 Å². The summed E-state index contributed by atoms with van der Waals surface area (Å²) in [6, 6.07) is -0.204. The van der Waals surface area contributed by atoms with E-state index in [1.807, 2.05) is 0 Å². The molecular weight excluding hydrogens is 301 g/mol. The molecule has 0 spiro atoms. The van der Waals surface area contributed by atoms with Crippen molar-refractivity contribution < 1.29 is 18.0 Å². The van der Waals surface area contributed by atoms with Gasteiger partial charge >= 0.3 is 12.2 Å². The number of nitrogens with one attached hydrogen (secondary N) is 1. The molecule has 2 fully saturated rings. The van der Waals surface area contributed by atoms with Crippen LogP contribution in [0.25, 0.3) is 0 Å². The summed E-state index contributed by atoms with van der Waals surface area (Å²) >= 11 is 1.79. The van der Waals surface area contributed by atoms with Crippen molar-refractivity contribution in [2.45, 2.75) is 68.5 Å². The molecule has 0 heterocycles. The zero-order chi connectivity index (χ0) is 15.5. The Morgan fingerprint density at radius 3 is 2.48 bits per heavy atom. The highest BCUT2D eigenvalue weighted by atomic mass is 32.2. The third-order valence-corrected chi connectivity index (χ3v) is 5.55. The molecule has 2 rings (SSSR count). The van der Waals surface area contributed by atoms with Crippen molar-refractivity contribution in [1.82, 2.24) is 10.2 Å². The molecule has 2 saturated carbocycles. The summed E-state index contributed by atoms with van der Waals surface area (Å²) in [5.74, 6) is 0. The van der Waals surface area contributed by atoms with Gasteiger partial charge in [-0.1, -0.05) is 0 Å². The average molecular weight is 324 g/mol. The molecule has 0 aromatic heterocycles. The van der Waals surface area contributed by atoms with Gasteiger partial charge in [-0.3, -0.25) is 0 Å². The summed E-state index contributed by atoms with van der Waals surface area (Å²) in [6.07, 6.45) is 2.48. The second-order valence-electron chi connectivity index (χ2n) is 5.96. The van der Waals surface area contributed by atoms with Crippen LogP contribution in [-0.4, -0.2) is 47.2 Å². The van der Waals surface area contributed by atoms with E-state index in [2.05, 4.69) is 11.6 Å². The molecule has 2 atom stereocenters. The average Bonchev–Trinajstić information content (AvgIpc) is 2.78. The first-order valence-electron chi connectivity index (χ1n) is 7.55. The van der Waals surface area contributed by atoms with E-state index >= 15 is 0 Å². The van der Waals surface area contributed by atoms with E-state index in [1.165, 1.54) is 4.90 Å². The highest BCUT2D eigenvalue weighted by Crippen LogP contribution is 2.30. The lowest BCUT2D eigenvalue weighted by molar-refractivity contribution is -0.137. The van der Waals surface area contributed by atoms with Crippen LogP contribution in [0.1, 0.15) is 44.9 Å². The molecule has 2 aliphatic carbocycles. The van der Waals surface area contributed by atoms with Crippen LogP contribution in [0.3, 0.4) is 0 Å². The summed E-state index contributed by atoms with van der Waals surface area (Å²) in [4.78, 5) is 13.7. The number of hydrogen-bond donors (Lipinski definition) is 1. The minimum atomic E-state index is -4.21. The van der Waals surface area contributed by atoms with E-state index in [0.29, 0.717) is 5.25 Å². The monoisotopic (exact) mass is 324 g/mol. The van der Waals surface area contributed by atoms with Crippen molar-refractivity contribution in [2.24, 2.45) is 0 Å². The Hall–Kier alpha value is -0.590. The maximum Gasteiger partial charge on any atom is 0.390 e. The number of carbonyl (C=O) groups is 1. The second kappa shape index (κ2) is 7.11. The summed E-state index contributed by atoms with van der Waals surface area (Å²) in [5.41, 5.74) is 0. The topological polar surface area (TPSA) is 32.3 Å². The Balaban J connectivity index is 1.85. The largest absolute Gasteiger partial charge is 0.390 e. The van der Waals surface area contributed by atoms with E-state index in [-0.39, 0.29) is 24.7 Å². The summed E-state index contributed by atoms with van der Waals surface area (Å²) in [5, 5.41) is 3.49. The molecular formula is C14H23F3N2OS. The van der Waals surface area contributed by atoms with Gasteiger partial charge in [0.2, 0.25) is 0 Å². The Kier molecular flexibility index (Phi) is 5.68. The molecule has 2 aliphatic rings. The van der Waals surface area contributed by atoms with Crippen LogP contribution in [-0.2, 0) is 0 Å². The van der Waals surface area contributed by atoms with Gasteiger partial charge in [0.25, 0.3) is 0 Å². The number of rotatable bonds is 5. The third-order valence-electron chi connectivity index (χ3n) is 4.46. The van der Waals surface area contributed by atoms with Crippen molar-refractivity contribution in [3.63, 3.8) is 0 Å². The summed E-state index contributed by atoms with van der Waals surface area (Å²) in [7, 11) is 0. The molecule has 0 radical (unpaired) electrons.